The molecule has 0 saturated heterocycles. The molecule has 0 spiro atoms. The Hall–Kier alpha value is -2.63. The number of carboxylic acids is 1. The third-order valence-electron chi connectivity index (χ3n) is 3.19. The molecule has 110 valence electrons. The number of hydrogen-bond acceptors (Lipinski definition) is 4. The molecule has 2 aromatic rings. The summed E-state index contributed by atoms with van der Waals surface area (Å²) >= 11 is 0. The summed E-state index contributed by atoms with van der Waals surface area (Å²) in [7, 11) is 0. The van der Waals surface area contributed by atoms with E-state index in [4.69, 9.17) is 9.52 Å². The molecule has 0 fully saturated rings. The lowest BCUT2D eigenvalue weighted by Gasteiger charge is -2.09. The number of carboxylic acid groups (broad SMARTS) is 1. The predicted octanol–water partition coefficient (Wildman–Crippen LogP) is 2.68. The minimum absolute atomic E-state index is 0.245. The number of anilines is 1. The molecule has 0 aliphatic carbocycles. The molecule has 1 heterocycles. The molecule has 1 aromatic heterocycles. The van der Waals surface area contributed by atoms with Crippen molar-refractivity contribution in [3.05, 3.63) is 47.7 Å². The van der Waals surface area contributed by atoms with Crippen molar-refractivity contribution < 1.29 is 19.1 Å². The van der Waals surface area contributed by atoms with Crippen LogP contribution in [0.4, 0.5) is 5.69 Å². The third kappa shape index (κ3) is 3.28. The SMILES string of the molecule is CCc1ocnc1C(=O)Nc1cccc(C(C)C(=O)O)c1. The number of nitrogens with one attached hydrogen (secondary N) is 1. The highest BCUT2D eigenvalue weighted by molar-refractivity contribution is 6.03. The van der Waals surface area contributed by atoms with Crippen molar-refractivity contribution in [1.29, 1.82) is 0 Å². The van der Waals surface area contributed by atoms with E-state index in [0.29, 0.717) is 23.4 Å². The van der Waals surface area contributed by atoms with Gasteiger partial charge in [-0.25, -0.2) is 4.98 Å². The van der Waals surface area contributed by atoms with Gasteiger partial charge in [-0.3, -0.25) is 9.59 Å². The Morgan fingerprint density at radius 2 is 2.19 bits per heavy atom. The molecule has 0 aliphatic rings. The zero-order valence-corrected chi connectivity index (χ0v) is 11.8. The van der Waals surface area contributed by atoms with Gasteiger partial charge in [0.1, 0.15) is 5.76 Å². The maximum Gasteiger partial charge on any atom is 0.310 e. The first-order chi connectivity index (χ1) is 10.0. The van der Waals surface area contributed by atoms with Crippen LogP contribution in [0.25, 0.3) is 0 Å². The normalized spacial score (nSPS) is 11.9. The molecule has 21 heavy (non-hydrogen) atoms. The smallest absolute Gasteiger partial charge is 0.310 e. The van der Waals surface area contributed by atoms with Crippen molar-refractivity contribution >= 4 is 17.6 Å². The number of aromatic nitrogens is 1. The van der Waals surface area contributed by atoms with E-state index in [0.717, 1.165) is 0 Å². The van der Waals surface area contributed by atoms with E-state index in [1.807, 2.05) is 6.92 Å². The Labute approximate surface area is 121 Å². The van der Waals surface area contributed by atoms with Crippen LogP contribution in [-0.2, 0) is 11.2 Å². The minimum atomic E-state index is -0.914. The Morgan fingerprint density at radius 1 is 1.43 bits per heavy atom. The Kier molecular flexibility index (Phi) is 4.37. The van der Waals surface area contributed by atoms with Gasteiger partial charge in [0, 0.05) is 12.1 Å². The van der Waals surface area contributed by atoms with Crippen LogP contribution in [0.1, 0.15) is 41.6 Å². The summed E-state index contributed by atoms with van der Waals surface area (Å²) in [6.45, 7) is 3.46. The summed E-state index contributed by atoms with van der Waals surface area (Å²) in [5.41, 5.74) is 1.39. The van der Waals surface area contributed by atoms with Crippen LogP contribution in [0, 0.1) is 0 Å². The lowest BCUT2D eigenvalue weighted by Crippen LogP contribution is -2.15. The van der Waals surface area contributed by atoms with Crippen molar-refractivity contribution in [2.24, 2.45) is 0 Å². The van der Waals surface area contributed by atoms with Gasteiger partial charge in [-0.05, 0) is 24.6 Å². The van der Waals surface area contributed by atoms with Crippen LogP contribution in [0.5, 0.6) is 0 Å². The van der Waals surface area contributed by atoms with Gasteiger partial charge in [0.2, 0.25) is 0 Å². The first-order valence-corrected chi connectivity index (χ1v) is 6.59. The molecule has 0 bridgehead atoms. The number of hydrogen-bond donors (Lipinski definition) is 2. The number of carbonyl (C=O) groups excluding carboxylic acids is 1. The zero-order chi connectivity index (χ0) is 15.4. The quantitative estimate of drug-likeness (QED) is 0.882. The fourth-order valence-electron chi connectivity index (χ4n) is 1.93. The Balaban J connectivity index is 2.18. The molecule has 0 aliphatic heterocycles. The number of benzene rings is 1. The first-order valence-electron chi connectivity index (χ1n) is 6.59. The van der Waals surface area contributed by atoms with Crippen LogP contribution in [0.2, 0.25) is 0 Å². The van der Waals surface area contributed by atoms with Crippen molar-refractivity contribution in [3.63, 3.8) is 0 Å². The van der Waals surface area contributed by atoms with Crippen molar-refractivity contribution in [3.8, 4) is 0 Å². The lowest BCUT2D eigenvalue weighted by molar-refractivity contribution is -0.138. The maximum atomic E-state index is 12.1. The molecule has 1 atom stereocenters. The number of aryl methyl sites for hydroxylation is 1. The van der Waals surface area contributed by atoms with Gasteiger partial charge in [0.05, 0.1) is 5.92 Å². The van der Waals surface area contributed by atoms with E-state index in [9.17, 15) is 9.59 Å². The average Bonchev–Trinajstić information content (AvgIpc) is 2.95. The van der Waals surface area contributed by atoms with Gasteiger partial charge in [0.15, 0.2) is 12.1 Å². The molecule has 2 N–H and O–H groups in total. The first kappa shape index (κ1) is 14.8. The molecule has 1 aromatic carbocycles. The van der Waals surface area contributed by atoms with Gasteiger partial charge in [-0.15, -0.1) is 0 Å². The number of carbonyl (C=O) groups is 2. The second kappa shape index (κ2) is 6.21. The lowest BCUT2D eigenvalue weighted by atomic mass is 10.0. The van der Waals surface area contributed by atoms with Crippen LogP contribution < -0.4 is 5.32 Å². The van der Waals surface area contributed by atoms with E-state index in [2.05, 4.69) is 10.3 Å². The summed E-state index contributed by atoms with van der Waals surface area (Å²) in [5, 5.41) is 11.7. The monoisotopic (exact) mass is 288 g/mol. The highest BCUT2D eigenvalue weighted by Crippen LogP contribution is 2.20. The molecular formula is C15H16N2O4. The molecule has 0 radical (unpaired) electrons. The summed E-state index contributed by atoms with van der Waals surface area (Å²) in [6.07, 6.45) is 1.80. The fraction of sp³-hybridized carbons (Fsp3) is 0.267. The van der Waals surface area contributed by atoms with Gasteiger partial charge < -0.3 is 14.8 Å². The summed E-state index contributed by atoms with van der Waals surface area (Å²) in [5.74, 6) is -1.41. The van der Waals surface area contributed by atoms with E-state index in [-0.39, 0.29) is 11.6 Å². The Morgan fingerprint density at radius 3 is 2.86 bits per heavy atom. The number of amides is 1. The molecule has 6 heteroatoms. The second-order valence-electron chi connectivity index (χ2n) is 4.62. The van der Waals surface area contributed by atoms with E-state index >= 15 is 0 Å². The topological polar surface area (TPSA) is 92.4 Å². The number of nitrogens with zero attached hydrogens (tertiary/aromatic N) is 1. The standard InChI is InChI=1S/C15H16N2O4/c1-3-12-13(16-8-21-12)14(18)17-11-6-4-5-10(7-11)9(2)15(19)20/h4-9H,3H2,1-2H3,(H,17,18)(H,19,20). The fourth-order valence-corrected chi connectivity index (χ4v) is 1.93. The van der Waals surface area contributed by atoms with E-state index in [1.54, 1.807) is 31.2 Å². The molecule has 6 nitrogen and oxygen atoms in total. The Bertz CT molecular complexity index is 663. The highest BCUT2D eigenvalue weighted by atomic mass is 16.4. The van der Waals surface area contributed by atoms with Crippen molar-refractivity contribution in [1.82, 2.24) is 4.98 Å². The van der Waals surface area contributed by atoms with E-state index < -0.39 is 11.9 Å². The molecular weight excluding hydrogens is 272 g/mol. The average molecular weight is 288 g/mol. The third-order valence-corrected chi connectivity index (χ3v) is 3.19. The van der Waals surface area contributed by atoms with Crippen molar-refractivity contribution in [2.45, 2.75) is 26.2 Å². The summed E-state index contributed by atoms with van der Waals surface area (Å²) < 4.78 is 5.12. The van der Waals surface area contributed by atoms with Gasteiger partial charge >= 0.3 is 5.97 Å². The van der Waals surface area contributed by atoms with Crippen molar-refractivity contribution in [2.75, 3.05) is 5.32 Å². The zero-order valence-electron chi connectivity index (χ0n) is 11.8. The molecule has 1 unspecified atom stereocenters. The largest absolute Gasteiger partial charge is 0.481 e. The second-order valence-corrected chi connectivity index (χ2v) is 4.62. The van der Waals surface area contributed by atoms with Crippen LogP contribution >= 0.6 is 0 Å². The summed E-state index contributed by atoms with van der Waals surface area (Å²) in [4.78, 5) is 27.0. The van der Waals surface area contributed by atoms with E-state index in [1.165, 1.54) is 6.39 Å². The minimum Gasteiger partial charge on any atom is -0.481 e. The number of oxazole rings is 1. The van der Waals surface area contributed by atoms with Crippen LogP contribution in [0.3, 0.4) is 0 Å². The highest BCUT2D eigenvalue weighted by Gasteiger charge is 2.17. The summed E-state index contributed by atoms with van der Waals surface area (Å²) in [6, 6.07) is 6.75. The predicted molar refractivity (Wildman–Crippen MR) is 76.3 cm³/mol. The maximum absolute atomic E-state index is 12.1. The van der Waals surface area contributed by atoms with Gasteiger partial charge in [-0.1, -0.05) is 19.1 Å². The number of aliphatic carboxylic acids is 1. The van der Waals surface area contributed by atoms with Crippen LogP contribution in [0.15, 0.2) is 35.1 Å². The molecule has 1 amide bonds. The molecule has 2 rings (SSSR count). The van der Waals surface area contributed by atoms with Gasteiger partial charge in [0.25, 0.3) is 5.91 Å². The van der Waals surface area contributed by atoms with Crippen LogP contribution in [-0.4, -0.2) is 22.0 Å². The van der Waals surface area contributed by atoms with Gasteiger partial charge in [-0.2, -0.15) is 0 Å². The molecule has 0 saturated carbocycles. The number of rotatable bonds is 5.